The van der Waals surface area contributed by atoms with Gasteiger partial charge in [0.25, 0.3) is 0 Å². The third kappa shape index (κ3) is 8.28. The number of hydrogen-bond donors (Lipinski definition) is 3. The summed E-state index contributed by atoms with van der Waals surface area (Å²) in [6.45, 7) is 4.01. The van der Waals surface area contributed by atoms with Crippen molar-refractivity contribution in [2.24, 2.45) is 5.73 Å². The molecule has 0 radical (unpaired) electrons. The minimum Gasteiger partial charge on any atom is -0.511 e. The van der Waals surface area contributed by atoms with E-state index in [9.17, 15) is 19.5 Å². The topological polar surface area (TPSA) is 119 Å². The molecule has 4 N–H and O–H groups in total. The van der Waals surface area contributed by atoms with Crippen LogP contribution in [0, 0.1) is 0 Å². The largest absolute Gasteiger partial charge is 0.511 e. The molecular weight excluding hydrogens is 240 g/mol. The summed E-state index contributed by atoms with van der Waals surface area (Å²) < 4.78 is 4.70. The molecule has 7 nitrogen and oxygen atoms in total. The first-order chi connectivity index (χ1) is 8.32. The van der Waals surface area contributed by atoms with Crippen molar-refractivity contribution in [3.8, 4) is 0 Å². The molecule has 2 amide bonds. The van der Waals surface area contributed by atoms with Gasteiger partial charge in [0.05, 0.1) is 6.04 Å². The van der Waals surface area contributed by atoms with Crippen LogP contribution in [-0.4, -0.2) is 42.0 Å². The standard InChI is InChI=1S/C11H18N2O5/c1-7(14)3-4-9(8(2)15)13-11(17)6-18-5-10(12)16/h9,15H,2-6H2,1H3,(H2,12,16)(H,13,17)/t9-/m0/s1. The molecule has 102 valence electrons. The van der Waals surface area contributed by atoms with Gasteiger partial charge in [-0.3, -0.25) is 9.59 Å². The van der Waals surface area contributed by atoms with E-state index in [1.54, 1.807) is 0 Å². The molecule has 0 aliphatic carbocycles. The summed E-state index contributed by atoms with van der Waals surface area (Å²) in [4.78, 5) is 32.5. The molecule has 0 unspecified atom stereocenters. The van der Waals surface area contributed by atoms with E-state index in [0.717, 1.165) is 0 Å². The summed E-state index contributed by atoms with van der Waals surface area (Å²) >= 11 is 0. The van der Waals surface area contributed by atoms with E-state index in [0.29, 0.717) is 0 Å². The van der Waals surface area contributed by atoms with Gasteiger partial charge in [-0.1, -0.05) is 6.58 Å². The Bertz CT molecular complexity index is 340. The van der Waals surface area contributed by atoms with Crippen LogP contribution in [0.2, 0.25) is 0 Å². The average molecular weight is 258 g/mol. The zero-order chi connectivity index (χ0) is 14.1. The molecule has 0 spiro atoms. The molecule has 0 saturated carbocycles. The Labute approximate surface area is 105 Å². The number of nitrogens with two attached hydrogens (primary N) is 1. The fraction of sp³-hybridized carbons (Fsp3) is 0.545. The van der Waals surface area contributed by atoms with Gasteiger partial charge in [0.15, 0.2) is 0 Å². The minimum absolute atomic E-state index is 0.0551. The van der Waals surface area contributed by atoms with Gasteiger partial charge in [0.2, 0.25) is 11.8 Å². The zero-order valence-electron chi connectivity index (χ0n) is 10.3. The lowest BCUT2D eigenvalue weighted by Crippen LogP contribution is -2.39. The molecule has 18 heavy (non-hydrogen) atoms. The number of rotatable bonds is 9. The van der Waals surface area contributed by atoms with E-state index in [2.05, 4.69) is 11.9 Å². The molecule has 0 aliphatic rings. The van der Waals surface area contributed by atoms with E-state index >= 15 is 0 Å². The molecule has 0 aromatic carbocycles. The highest BCUT2D eigenvalue weighted by atomic mass is 16.5. The van der Waals surface area contributed by atoms with Gasteiger partial charge >= 0.3 is 0 Å². The Kier molecular flexibility index (Phi) is 7.37. The van der Waals surface area contributed by atoms with Gasteiger partial charge in [0, 0.05) is 6.42 Å². The smallest absolute Gasteiger partial charge is 0.246 e. The van der Waals surface area contributed by atoms with Crippen LogP contribution in [0.1, 0.15) is 19.8 Å². The third-order valence-electron chi connectivity index (χ3n) is 2.00. The Morgan fingerprint density at radius 1 is 1.39 bits per heavy atom. The fourth-order valence-electron chi connectivity index (χ4n) is 1.15. The summed E-state index contributed by atoms with van der Waals surface area (Å²) in [5.74, 6) is -1.50. The van der Waals surface area contributed by atoms with Crippen LogP contribution in [0.3, 0.4) is 0 Å². The van der Waals surface area contributed by atoms with Crippen LogP contribution in [0.25, 0.3) is 0 Å². The lowest BCUT2D eigenvalue weighted by atomic mass is 10.1. The Hall–Kier alpha value is -1.89. The van der Waals surface area contributed by atoms with E-state index in [1.165, 1.54) is 6.92 Å². The maximum atomic E-state index is 11.4. The molecule has 0 aliphatic heterocycles. The summed E-state index contributed by atoms with van der Waals surface area (Å²) in [6.07, 6.45) is 0.471. The second kappa shape index (κ2) is 8.24. The average Bonchev–Trinajstić information content (AvgIpc) is 2.22. The predicted octanol–water partition coefficient (Wildman–Crippen LogP) is -0.586. The lowest BCUT2D eigenvalue weighted by molar-refractivity contribution is -0.130. The van der Waals surface area contributed by atoms with Crippen LogP contribution >= 0.6 is 0 Å². The van der Waals surface area contributed by atoms with Gasteiger partial charge in [-0.15, -0.1) is 0 Å². The first-order valence-electron chi connectivity index (χ1n) is 5.35. The third-order valence-corrected chi connectivity index (χ3v) is 2.00. The van der Waals surface area contributed by atoms with Crippen molar-refractivity contribution in [3.63, 3.8) is 0 Å². The number of Topliss-reactive ketones (excluding diaryl/α,β-unsaturated/α-hetero) is 1. The molecular formula is C11H18N2O5. The van der Waals surface area contributed by atoms with Crippen LogP contribution in [0.15, 0.2) is 12.3 Å². The van der Waals surface area contributed by atoms with Crippen molar-refractivity contribution in [1.82, 2.24) is 5.32 Å². The molecule has 0 fully saturated rings. The highest BCUT2D eigenvalue weighted by Crippen LogP contribution is 2.04. The Morgan fingerprint density at radius 2 is 2.00 bits per heavy atom. The summed E-state index contributed by atoms with van der Waals surface area (Å²) in [6, 6.07) is -0.710. The van der Waals surface area contributed by atoms with Crippen LogP contribution < -0.4 is 11.1 Å². The number of hydrogen-bond acceptors (Lipinski definition) is 5. The molecule has 0 rings (SSSR count). The molecule has 0 bridgehead atoms. The van der Waals surface area contributed by atoms with Crippen molar-refractivity contribution in [2.75, 3.05) is 13.2 Å². The van der Waals surface area contributed by atoms with E-state index in [4.69, 9.17) is 10.5 Å². The maximum Gasteiger partial charge on any atom is 0.246 e. The quantitative estimate of drug-likeness (QED) is 0.478. The summed E-state index contributed by atoms with van der Waals surface area (Å²) in [7, 11) is 0. The van der Waals surface area contributed by atoms with Crippen LogP contribution in [0.5, 0.6) is 0 Å². The first-order valence-corrected chi connectivity index (χ1v) is 5.35. The van der Waals surface area contributed by atoms with Gasteiger partial charge in [-0.05, 0) is 13.3 Å². The minimum atomic E-state index is -0.710. The monoisotopic (exact) mass is 258 g/mol. The number of ether oxygens (including phenoxy) is 1. The number of amides is 2. The Balaban J connectivity index is 4.07. The number of aliphatic hydroxyl groups excluding tert-OH is 1. The molecule has 7 heteroatoms. The van der Waals surface area contributed by atoms with E-state index in [1.807, 2.05) is 0 Å². The van der Waals surface area contributed by atoms with E-state index in [-0.39, 0.29) is 37.6 Å². The second-order valence-electron chi connectivity index (χ2n) is 3.81. The van der Waals surface area contributed by atoms with E-state index < -0.39 is 17.9 Å². The number of carbonyl (C=O) groups is 3. The van der Waals surface area contributed by atoms with Crippen molar-refractivity contribution in [3.05, 3.63) is 12.3 Å². The van der Waals surface area contributed by atoms with Gasteiger partial charge in [0.1, 0.15) is 24.8 Å². The zero-order valence-corrected chi connectivity index (χ0v) is 10.3. The first kappa shape index (κ1) is 16.1. The number of nitrogens with one attached hydrogen (secondary N) is 1. The summed E-state index contributed by atoms with van der Waals surface area (Å²) in [5, 5.41) is 11.7. The number of primary amides is 1. The molecule has 1 atom stereocenters. The Morgan fingerprint density at radius 3 is 2.44 bits per heavy atom. The fourth-order valence-corrected chi connectivity index (χ4v) is 1.15. The van der Waals surface area contributed by atoms with Crippen molar-refractivity contribution in [2.45, 2.75) is 25.8 Å². The molecule has 0 aromatic rings. The number of aliphatic hydroxyl groups is 1. The van der Waals surface area contributed by atoms with Crippen LogP contribution in [0.4, 0.5) is 0 Å². The number of carbonyl (C=O) groups excluding carboxylic acids is 3. The molecule has 0 saturated heterocycles. The van der Waals surface area contributed by atoms with Crippen molar-refractivity contribution >= 4 is 17.6 Å². The van der Waals surface area contributed by atoms with Gasteiger partial charge in [-0.25, -0.2) is 0 Å². The summed E-state index contributed by atoms with van der Waals surface area (Å²) in [5.41, 5.74) is 4.82. The maximum absolute atomic E-state index is 11.4. The van der Waals surface area contributed by atoms with Crippen molar-refractivity contribution < 1.29 is 24.2 Å². The number of ketones is 1. The highest BCUT2D eigenvalue weighted by Gasteiger charge is 2.16. The SMILES string of the molecule is C=C(O)[C@H](CCC(C)=O)NC(=O)COCC(N)=O. The normalized spacial score (nSPS) is 11.6. The van der Waals surface area contributed by atoms with Crippen LogP contribution in [-0.2, 0) is 19.1 Å². The highest BCUT2D eigenvalue weighted by molar-refractivity contribution is 5.79. The van der Waals surface area contributed by atoms with Gasteiger partial charge in [-0.2, -0.15) is 0 Å². The second-order valence-corrected chi connectivity index (χ2v) is 3.81. The lowest BCUT2D eigenvalue weighted by Gasteiger charge is -2.16. The molecule has 0 aromatic heterocycles. The van der Waals surface area contributed by atoms with Crippen molar-refractivity contribution in [1.29, 1.82) is 0 Å². The van der Waals surface area contributed by atoms with Gasteiger partial charge < -0.3 is 25.7 Å². The molecule has 0 heterocycles. The predicted molar refractivity (Wildman–Crippen MR) is 63.6 cm³/mol.